The van der Waals surface area contributed by atoms with Crippen LogP contribution in [0.1, 0.15) is 0 Å². The number of rotatable bonds is 1. The van der Waals surface area contributed by atoms with Crippen LogP contribution in [0.3, 0.4) is 0 Å². The van der Waals surface area contributed by atoms with E-state index in [4.69, 9.17) is 0 Å². The predicted octanol–water partition coefficient (Wildman–Crippen LogP) is -0.948. The van der Waals surface area contributed by atoms with Gasteiger partial charge in [-0.15, -0.1) is 15.3 Å². The number of nitrogens with zero attached hydrogens (tertiary/aromatic N) is 6. The minimum Gasteiger partial charge on any atom is -0.230 e. The molecule has 7 nitrogen and oxygen atoms in total. The Morgan fingerprint density at radius 3 is 2.73 bits per heavy atom. The van der Waals surface area contributed by atoms with Crippen molar-refractivity contribution in [3.63, 3.8) is 0 Å². The van der Waals surface area contributed by atoms with Crippen molar-refractivity contribution in [2.24, 2.45) is 0 Å². The summed E-state index contributed by atoms with van der Waals surface area (Å²) in [7, 11) is 0. The van der Waals surface area contributed by atoms with Crippen LogP contribution in [-0.2, 0) is 0 Å². The Hall–Kier alpha value is -1.92. The minimum absolute atomic E-state index is 0.345. The van der Waals surface area contributed by atoms with Crippen LogP contribution in [0, 0.1) is 0 Å². The van der Waals surface area contributed by atoms with E-state index < -0.39 is 0 Å². The van der Waals surface area contributed by atoms with E-state index in [1.165, 1.54) is 12.4 Å². The highest BCUT2D eigenvalue weighted by Gasteiger charge is 2.03. The second kappa shape index (κ2) is 2.37. The van der Waals surface area contributed by atoms with Crippen molar-refractivity contribution in [1.29, 1.82) is 0 Å². The first-order valence-electron chi connectivity index (χ1n) is 2.84. The van der Waals surface area contributed by atoms with Crippen LogP contribution in [0.25, 0.3) is 11.6 Å². The molecule has 7 heteroatoms. The molecule has 0 radical (unpaired) electrons. The quantitative estimate of drug-likeness (QED) is 0.562. The van der Waals surface area contributed by atoms with Gasteiger partial charge in [0.05, 0.1) is 6.20 Å². The maximum absolute atomic E-state index is 3.86. The number of aromatic amines is 1. The van der Waals surface area contributed by atoms with E-state index >= 15 is 0 Å². The van der Waals surface area contributed by atoms with Crippen LogP contribution in [0.4, 0.5) is 0 Å². The van der Waals surface area contributed by atoms with Gasteiger partial charge in [-0.3, -0.25) is 0 Å². The zero-order valence-corrected chi connectivity index (χ0v) is 5.34. The lowest BCUT2D eigenvalue weighted by atomic mass is 10.6. The van der Waals surface area contributed by atoms with E-state index in [1.54, 1.807) is 0 Å². The van der Waals surface area contributed by atoms with Crippen LogP contribution in [0.2, 0.25) is 0 Å². The van der Waals surface area contributed by atoms with E-state index in [0.29, 0.717) is 11.6 Å². The highest BCUT2D eigenvalue weighted by atomic mass is 15.5. The summed E-state index contributed by atoms with van der Waals surface area (Å²) in [4.78, 5) is 3.86. The Kier molecular flexibility index (Phi) is 1.26. The Morgan fingerprint density at radius 2 is 2.09 bits per heavy atom. The fourth-order valence-corrected chi connectivity index (χ4v) is 0.607. The fourth-order valence-electron chi connectivity index (χ4n) is 0.607. The van der Waals surface area contributed by atoms with Gasteiger partial charge in [-0.1, -0.05) is 0 Å². The lowest BCUT2D eigenvalue weighted by Gasteiger charge is -1.85. The summed E-state index contributed by atoms with van der Waals surface area (Å²) in [5, 5.41) is 20.3. The maximum Gasteiger partial charge on any atom is 0.243 e. The highest BCUT2D eigenvalue weighted by molar-refractivity contribution is 5.38. The van der Waals surface area contributed by atoms with Gasteiger partial charge in [0.1, 0.15) is 0 Å². The molecular formula is C4H3N7. The molecule has 0 aliphatic rings. The third-order valence-electron chi connectivity index (χ3n) is 1.03. The Morgan fingerprint density at radius 1 is 1.09 bits per heavy atom. The van der Waals surface area contributed by atoms with Gasteiger partial charge < -0.3 is 0 Å². The van der Waals surface area contributed by atoms with E-state index in [1.807, 2.05) is 0 Å². The molecule has 0 aromatic carbocycles. The first-order valence-corrected chi connectivity index (χ1v) is 2.84. The molecule has 0 saturated carbocycles. The number of H-pyrrole nitrogens is 1. The summed E-state index contributed by atoms with van der Waals surface area (Å²) in [6, 6.07) is 0. The highest BCUT2D eigenvalue weighted by Crippen LogP contribution is 2.00. The van der Waals surface area contributed by atoms with Crippen LogP contribution in [0.15, 0.2) is 12.4 Å². The van der Waals surface area contributed by atoms with Crippen molar-refractivity contribution < 1.29 is 0 Å². The number of nitrogens with one attached hydrogen (secondary N) is 1. The topological polar surface area (TPSA) is 93.1 Å². The van der Waals surface area contributed by atoms with Crippen LogP contribution >= 0.6 is 0 Å². The van der Waals surface area contributed by atoms with Crippen molar-refractivity contribution >= 4 is 0 Å². The first-order chi connectivity index (χ1) is 5.47. The van der Waals surface area contributed by atoms with Crippen molar-refractivity contribution in [1.82, 2.24) is 35.8 Å². The number of aromatic nitrogens is 7. The van der Waals surface area contributed by atoms with Crippen molar-refractivity contribution in [2.45, 2.75) is 0 Å². The van der Waals surface area contributed by atoms with E-state index in [-0.39, 0.29) is 0 Å². The van der Waals surface area contributed by atoms with Gasteiger partial charge >= 0.3 is 0 Å². The Labute approximate surface area is 60.9 Å². The lowest BCUT2D eigenvalue weighted by Crippen LogP contribution is -1.91. The smallest absolute Gasteiger partial charge is 0.230 e. The normalized spacial score (nSPS) is 9.82. The molecule has 2 aromatic rings. The van der Waals surface area contributed by atoms with Gasteiger partial charge in [-0.2, -0.15) is 10.3 Å². The lowest BCUT2D eigenvalue weighted by molar-refractivity contribution is 0.881. The molecule has 54 valence electrons. The third kappa shape index (κ3) is 1.02. The first kappa shape index (κ1) is 5.83. The van der Waals surface area contributed by atoms with Crippen LogP contribution in [0.5, 0.6) is 0 Å². The molecule has 0 bridgehead atoms. The monoisotopic (exact) mass is 149 g/mol. The number of tetrazole rings is 1. The van der Waals surface area contributed by atoms with Gasteiger partial charge in [0.25, 0.3) is 0 Å². The summed E-state index contributed by atoms with van der Waals surface area (Å²) in [5.74, 6) is 0.708. The summed E-state index contributed by atoms with van der Waals surface area (Å²) < 4.78 is 0. The molecule has 0 atom stereocenters. The predicted molar refractivity (Wildman–Crippen MR) is 33.0 cm³/mol. The summed E-state index contributed by atoms with van der Waals surface area (Å²) in [6.45, 7) is 0. The molecule has 1 N–H and O–H groups in total. The summed E-state index contributed by atoms with van der Waals surface area (Å²) in [5.41, 5.74) is 0. The molecule has 0 fully saturated rings. The molecular weight excluding hydrogens is 146 g/mol. The molecule has 0 amide bonds. The van der Waals surface area contributed by atoms with Gasteiger partial charge in [-0.05, 0) is 5.21 Å². The molecule has 0 saturated heterocycles. The van der Waals surface area contributed by atoms with Crippen LogP contribution < -0.4 is 0 Å². The maximum atomic E-state index is 3.86. The summed E-state index contributed by atoms with van der Waals surface area (Å²) in [6.07, 6.45) is 2.99. The molecule has 0 unspecified atom stereocenters. The van der Waals surface area contributed by atoms with Gasteiger partial charge in [-0.25, -0.2) is 4.98 Å². The average Bonchev–Trinajstić information content (AvgIpc) is 2.58. The van der Waals surface area contributed by atoms with Gasteiger partial charge in [0, 0.05) is 6.20 Å². The minimum atomic E-state index is 0.345. The summed E-state index contributed by atoms with van der Waals surface area (Å²) >= 11 is 0. The zero-order chi connectivity index (χ0) is 7.52. The fraction of sp³-hybridized carbons (Fsp3) is 0. The second-order valence-corrected chi connectivity index (χ2v) is 1.70. The van der Waals surface area contributed by atoms with Gasteiger partial charge in [0.15, 0.2) is 0 Å². The largest absolute Gasteiger partial charge is 0.243 e. The van der Waals surface area contributed by atoms with Crippen molar-refractivity contribution in [3.8, 4) is 11.6 Å². The Balaban J connectivity index is 2.46. The molecule has 0 aliphatic heterocycles. The molecule has 2 aromatic heterocycles. The van der Waals surface area contributed by atoms with E-state index in [0.717, 1.165) is 0 Å². The molecule has 11 heavy (non-hydrogen) atoms. The Bertz CT molecular complexity index is 313. The zero-order valence-electron chi connectivity index (χ0n) is 5.34. The second-order valence-electron chi connectivity index (χ2n) is 1.70. The third-order valence-corrected chi connectivity index (χ3v) is 1.03. The number of hydrogen-bond donors (Lipinski definition) is 1. The SMILES string of the molecule is c1cnc(-c2nn[nH]n2)nn1. The van der Waals surface area contributed by atoms with Crippen molar-refractivity contribution in [3.05, 3.63) is 12.4 Å². The standard InChI is InChI=1S/C4H3N7/c1-2-6-7-3(5-1)4-8-10-11-9-4/h1-2H,(H,8,9,10,11). The molecule has 0 aliphatic carbocycles. The van der Waals surface area contributed by atoms with Crippen LogP contribution in [-0.4, -0.2) is 35.8 Å². The molecule has 0 spiro atoms. The number of hydrogen-bond acceptors (Lipinski definition) is 6. The molecule has 2 heterocycles. The molecule has 2 rings (SSSR count). The van der Waals surface area contributed by atoms with Crippen molar-refractivity contribution in [2.75, 3.05) is 0 Å². The average molecular weight is 149 g/mol. The van der Waals surface area contributed by atoms with Gasteiger partial charge in [0.2, 0.25) is 11.6 Å². The van der Waals surface area contributed by atoms with E-state index in [9.17, 15) is 0 Å². The van der Waals surface area contributed by atoms with E-state index in [2.05, 4.69) is 35.8 Å².